The number of carbonyl (C=O) groups excluding carboxylic acids is 1. The highest BCUT2D eigenvalue weighted by Gasteiger charge is 2.23. The number of unbranched alkanes of at least 4 members (excludes halogenated alkanes) is 1. The Hall–Kier alpha value is -1.69. The Bertz CT molecular complexity index is 761. The summed E-state index contributed by atoms with van der Waals surface area (Å²) in [5.41, 5.74) is 0.780. The van der Waals surface area contributed by atoms with Gasteiger partial charge in [-0.15, -0.1) is 11.3 Å². The maximum absolute atomic E-state index is 12.8. The van der Waals surface area contributed by atoms with E-state index in [1.54, 1.807) is 13.8 Å². The number of aromatic nitrogens is 2. The summed E-state index contributed by atoms with van der Waals surface area (Å²) in [7, 11) is 0. The molecule has 0 aliphatic carbocycles. The van der Waals surface area contributed by atoms with Gasteiger partial charge in [0.1, 0.15) is 16.7 Å². The lowest BCUT2D eigenvalue weighted by Gasteiger charge is -2.16. The van der Waals surface area contributed by atoms with Crippen molar-refractivity contribution in [1.82, 2.24) is 9.55 Å². The third kappa shape index (κ3) is 2.92. The van der Waals surface area contributed by atoms with Crippen LogP contribution in [0.25, 0.3) is 10.2 Å². The predicted octanol–water partition coefficient (Wildman–Crippen LogP) is 3.29. The second kappa shape index (κ2) is 6.60. The molecule has 0 radical (unpaired) electrons. The maximum Gasteiger partial charge on any atom is 0.329 e. The maximum atomic E-state index is 12.8. The van der Waals surface area contributed by atoms with Crippen molar-refractivity contribution in [1.29, 1.82) is 0 Å². The van der Waals surface area contributed by atoms with Crippen LogP contribution in [0.3, 0.4) is 0 Å². The van der Waals surface area contributed by atoms with Crippen LogP contribution in [-0.2, 0) is 9.53 Å². The number of thiophene rings is 1. The lowest BCUT2D eigenvalue weighted by molar-refractivity contribution is -0.147. The quantitative estimate of drug-likeness (QED) is 0.626. The third-order valence-electron chi connectivity index (χ3n) is 3.88. The normalized spacial score (nSPS) is 12.6. The Morgan fingerprint density at radius 1 is 1.36 bits per heavy atom. The second-order valence-electron chi connectivity index (χ2n) is 5.49. The number of ether oxygens (including phenoxy) is 1. The number of fused-ring (bicyclic) bond motifs is 1. The van der Waals surface area contributed by atoms with Crippen molar-refractivity contribution in [2.45, 2.75) is 53.5 Å². The summed E-state index contributed by atoms with van der Waals surface area (Å²) in [6.07, 6.45) is 1.79. The van der Waals surface area contributed by atoms with E-state index in [4.69, 9.17) is 4.74 Å². The number of nitrogens with zero attached hydrogens (tertiary/aromatic N) is 2. The third-order valence-corrected chi connectivity index (χ3v) is 4.98. The Kier molecular flexibility index (Phi) is 5.01. The van der Waals surface area contributed by atoms with Crippen LogP contribution in [0.15, 0.2) is 4.79 Å². The van der Waals surface area contributed by atoms with Gasteiger partial charge < -0.3 is 4.74 Å². The van der Waals surface area contributed by atoms with E-state index in [1.165, 1.54) is 15.9 Å². The number of esters is 1. The van der Waals surface area contributed by atoms with Crippen molar-refractivity contribution in [3.05, 3.63) is 26.6 Å². The predicted molar refractivity (Wildman–Crippen MR) is 88.7 cm³/mol. The topological polar surface area (TPSA) is 61.2 Å². The fraction of sp³-hybridized carbons (Fsp3) is 0.562. The Morgan fingerprint density at radius 2 is 2.05 bits per heavy atom. The highest BCUT2D eigenvalue weighted by Crippen LogP contribution is 2.26. The first kappa shape index (κ1) is 16.7. The molecule has 0 bridgehead atoms. The number of hydrogen-bond acceptors (Lipinski definition) is 5. The molecule has 0 N–H and O–H groups in total. The summed E-state index contributed by atoms with van der Waals surface area (Å²) in [4.78, 5) is 31.2. The number of carbonyl (C=O) groups is 1. The lowest BCUT2D eigenvalue weighted by Crippen LogP contribution is -2.32. The van der Waals surface area contributed by atoms with Gasteiger partial charge >= 0.3 is 5.97 Å². The van der Waals surface area contributed by atoms with Gasteiger partial charge in [0.05, 0.1) is 12.0 Å². The van der Waals surface area contributed by atoms with Crippen LogP contribution < -0.4 is 5.56 Å². The van der Waals surface area contributed by atoms with E-state index in [2.05, 4.69) is 4.98 Å². The lowest BCUT2D eigenvalue weighted by atomic mass is 10.2. The zero-order valence-corrected chi connectivity index (χ0v) is 14.5. The molecule has 6 heteroatoms. The van der Waals surface area contributed by atoms with Crippen molar-refractivity contribution < 1.29 is 9.53 Å². The molecule has 0 aliphatic rings. The minimum Gasteiger partial charge on any atom is -0.464 e. The summed E-state index contributed by atoms with van der Waals surface area (Å²) in [5, 5.41) is 0.612. The standard InChI is InChI=1S/C16H22N2O3S/c1-6-7-8-21-16(20)10(3)18-12(5)17-14-13(15(18)19)9(2)11(4)22-14/h10H,6-8H2,1-5H3. The van der Waals surface area contributed by atoms with E-state index in [0.29, 0.717) is 17.8 Å². The van der Waals surface area contributed by atoms with Crippen LogP contribution in [0.2, 0.25) is 0 Å². The van der Waals surface area contributed by atoms with Gasteiger partial charge in [-0.25, -0.2) is 9.78 Å². The second-order valence-corrected chi connectivity index (χ2v) is 6.70. The first-order chi connectivity index (χ1) is 10.4. The van der Waals surface area contributed by atoms with Gasteiger partial charge in [0.25, 0.3) is 5.56 Å². The van der Waals surface area contributed by atoms with Gasteiger partial charge in [-0.3, -0.25) is 9.36 Å². The van der Waals surface area contributed by atoms with Crippen LogP contribution in [0, 0.1) is 20.8 Å². The molecule has 0 fully saturated rings. The highest BCUT2D eigenvalue weighted by atomic mass is 32.1. The van der Waals surface area contributed by atoms with Gasteiger partial charge in [0, 0.05) is 4.88 Å². The van der Waals surface area contributed by atoms with Gasteiger partial charge in [-0.2, -0.15) is 0 Å². The molecule has 1 atom stereocenters. The summed E-state index contributed by atoms with van der Waals surface area (Å²) < 4.78 is 6.67. The number of hydrogen-bond donors (Lipinski definition) is 0. The molecule has 5 nitrogen and oxygen atoms in total. The van der Waals surface area contributed by atoms with Crippen molar-refractivity contribution in [3.63, 3.8) is 0 Å². The molecule has 0 aliphatic heterocycles. The zero-order valence-electron chi connectivity index (χ0n) is 13.7. The fourth-order valence-corrected chi connectivity index (χ4v) is 3.47. The molecule has 2 heterocycles. The first-order valence-corrected chi connectivity index (χ1v) is 8.35. The number of aryl methyl sites for hydroxylation is 3. The Labute approximate surface area is 133 Å². The SMILES string of the molecule is CCCCOC(=O)C(C)n1c(C)nc2sc(C)c(C)c2c1=O. The van der Waals surface area contributed by atoms with Gasteiger partial charge in [0.15, 0.2) is 0 Å². The van der Waals surface area contributed by atoms with E-state index in [1.807, 2.05) is 20.8 Å². The molecular weight excluding hydrogens is 300 g/mol. The summed E-state index contributed by atoms with van der Waals surface area (Å²) in [6.45, 7) is 9.75. The van der Waals surface area contributed by atoms with Gasteiger partial charge in [-0.1, -0.05) is 13.3 Å². The van der Waals surface area contributed by atoms with Crippen LogP contribution in [-0.4, -0.2) is 22.1 Å². The van der Waals surface area contributed by atoms with Crippen LogP contribution in [0.4, 0.5) is 0 Å². The molecule has 22 heavy (non-hydrogen) atoms. The van der Waals surface area contributed by atoms with Crippen molar-refractivity contribution in [3.8, 4) is 0 Å². The van der Waals surface area contributed by atoms with Crippen molar-refractivity contribution in [2.24, 2.45) is 0 Å². The summed E-state index contributed by atoms with van der Waals surface area (Å²) in [5.74, 6) is 0.156. The molecule has 0 amide bonds. The van der Waals surface area contributed by atoms with Gasteiger partial charge in [0.2, 0.25) is 0 Å². The largest absolute Gasteiger partial charge is 0.464 e. The first-order valence-electron chi connectivity index (χ1n) is 7.54. The molecule has 2 aromatic heterocycles. The molecule has 0 saturated heterocycles. The molecule has 2 rings (SSSR count). The molecule has 0 saturated carbocycles. The fourth-order valence-electron chi connectivity index (χ4n) is 2.41. The Balaban J connectivity index is 2.44. The molecule has 120 valence electrons. The molecular formula is C16H22N2O3S. The van der Waals surface area contributed by atoms with Crippen LogP contribution in [0.1, 0.15) is 49.0 Å². The van der Waals surface area contributed by atoms with Crippen LogP contribution >= 0.6 is 11.3 Å². The minimum absolute atomic E-state index is 0.163. The van der Waals surface area contributed by atoms with E-state index in [-0.39, 0.29) is 11.5 Å². The zero-order chi connectivity index (χ0) is 16.4. The van der Waals surface area contributed by atoms with Crippen molar-refractivity contribution in [2.75, 3.05) is 6.61 Å². The van der Waals surface area contributed by atoms with E-state index < -0.39 is 6.04 Å². The highest BCUT2D eigenvalue weighted by molar-refractivity contribution is 7.18. The molecule has 2 aromatic rings. The minimum atomic E-state index is -0.666. The summed E-state index contributed by atoms with van der Waals surface area (Å²) in [6, 6.07) is -0.666. The monoisotopic (exact) mass is 322 g/mol. The van der Waals surface area contributed by atoms with Crippen molar-refractivity contribution >= 4 is 27.5 Å². The number of rotatable bonds is 5. The summed E-state index contributed by atoms with van der Waals surface area (Å²) >= 11 is 1.51. The van der Waals surface area contributed by atoms with E-state index in [0.717, 1.165) is 28.1 Å². The van der Waals surface area contributed by atoms with E-state index in [9.17, 15) is 9.59 Å². The smallest absolute Gasteiger partial charge is 0.329 e. The average Bonchev–Trinajstić information content (AvgIpc) is 2.73. The average molecular weight is 322 g/mol. The molecule has 0 aromatic carbocycles. The van der Waals surface area contributed by atoms with Crippen LogP contribution in [0.5, 0.6) is 0 Å². The van der Waals surface area contributed by atoms with Gasteiger partial charge in [-0.05, 0) is 39.7 Å². The molecule has 0 spiro atoms. The molecule has 1 unspecified atom stereocenters. The van der Waals surface area contributed by atoms with E-state index >= 15 is 0 Å². The Morgan fingerprint density at radius 3 is 2.68 bits per heavy atom.